The van der Waals surface area contributed by atoms with Gasteiger partial charge in [0.1, 0.15) is 11.4 Å². The molecule has 4 nitrogen and oxygen atoms in total. The Morgan fingerprint density at radius 2 is 1.65 bits per heavy atom. The van der Waals surface area contributed by atoms with Crippen molar-refractivity contribution in [2.45, 2.75) is 26.4 Å². The highest BCUT2D eigenvalue weighted by Crippen LogP contribution is 2.27. The summed E-state index contributed by atoms with van der Waals surface area (Å²) >= 11 is 0. The molecule has 0 amide bonds. The van der Waals surface area contributed by atoms with Crippen LogP contribution in [-0.2, 0) is 4.74 Å². The number of rotatable bonds is 1. The van der Waals surface area contributed by atoms with E-state index in [2.05, 4.69) is 0 Å². The molecule has 0 radical (unpaired) electrons. The summed E-state index contributed by atoms with van der Waals surface area (Å²) in [5.74, 6) is 0.242. The Kier molecular flexibility index (Phi) is 3.60. The molecule has 0 bridgehead atoms. The second kappa shape index (κ2) is 5.47. The zero-order valence-corrected chi connectivity index (χ0v) is 13.4. The minimum atomic E-state index is -0.528. The molecule has 0 aliphatic heterocycles. The van der Waals surface area contributed by atoms with Gasteiger partial charge in [0.25, 0.3) is 0 Å². The van der Waals surface area contributed by atoms with Crippen LogP contribution in [0.25, 0.3) is 22.0 Å². The first kappa shape index (κ1) is 15.2. The van der Waals surface area contributed by atoms with E-state index in [1.807, 2.05) is 57.2 Å². The quantitative estimate of drug-likeness (QED) is 0.702. The molecule has 0 fully saturated rings. The normalized spacial score (nSPS) is 11.6. The van der Waals surface area contributed by atoms with E-state index in [-0.39, 0.29) is 11.8 Å². The Labute approximate surface area is 134 Å². The summed E-state index contributed by atoms with van der Waals surface area (Å²) in [6.45, 7) is 5.54. The maximum atomic E-state index is 12.2. The van der Waals surface area contributed by atoms with Crippen LogP contribution in [0, 0.1) is 0 Å². The number of hydrogen-bond acceptors (Lipinski definition) is 3. The summed E-state index contributed by atoms with van der Waals surface area (Å²) in [4.78, 5) is 12.2. The molecule has 0 atom stereocenters. The molecule has 0 aliphatic rings. The molecule has 118 valence electrons. The number of benzene rings is 2. The van der Waals surface area contributed by atoms with Gasteiger partial charge in [-0.2, -0.15) is 0 Å². The zero-order chi connectivity index (χ0) is 16.6. The van der Waals surface area contributed by atoms with Crippen molar-refractivity contribution in [2.75, 3.05) is 0 Å². The fourth-order valence-corrected chi connectivity index (χ4v) is 2.45. The first-order valence-corrected chi connectivity index (χ1v) is 7.47. The lowest BCUT2D eigenvalue weighted by atomic mass is 10.0. The van der Waals surface area contributed by atoms with Gasteiger partial charge in [-0.1, -0.05) is 18.2 Å². The number of hydrogen-bond donors (Lipinski definition) is 1. The Morgan fingerprint density at radius 1 is 1.00 bits per heavy atom. The molecule has 0 aliphatic carbocycles. The topological polar surface area (TPSA) is 51.5 Å². The van der Waals surface area contributed by atoms with Crippen molar-refractivity contribution >= 4 is 17.0 Å². The van der Waals surface area contributed by atoms with E-state index in [0.717, 1.165) is 22.0 Å². The molecular weight excluding hydrogens is 290 g/mol. The number of carbonyl (C=O) groups excluding carboxylic acids is 1. The van der Waals surface area contributed by atoms with Crippen LogP contribution < -0.4 is 0 Å². The van der Waals surface area contributed by atoms with Crippen molar-refractivity contribution in [1.29, 1.82) is 0 Å². The molecule has 0 saturated heterocycles. The lowest BCUT2D eigenvalue weighted by molar-refractivity contribution is 0.0544. The fourth-order valence-electron chi connectivity index (χ4n) is 2.45. The molecule has 1 N–H and O–H groups in total. The van der Waals surface area contributed by atoms with Crippen LogP contribution in [0.5, 0.6) is 5.75 Å². The van der Waals surface area contributed by atoms with Gasteiger partial charge in [-0.25, -0.2) is 4.79 Å². The molecule has 1 heterocycles. The van der Waals surface area contributed by atoms with Gasteiger partial charge in [-0.3, -0.25) is 4.57 Å². The van der Waals surface area contributed by atoms with E-state index < -0.39 is 5.60 Å². The smallest absolute Gasteiger partial charge is 0.418 e. The minimum Gasteiger partial charge on any atom is -0.508 e. The number of fused-ring (bicyclic) bond motifs is 1. The predicted molar refractivity (Wildman–Crippen MR) is 90.7 cm³/mol. The third kappa shape index (κ3) is 3.21. The molecule has 0 spiro atoms. The lowest BCUT2D eigenvalue weighted by Crippen LogP contribution is -2.26. The largest absolute Gasteiger partial charge is 0.508 e. The third-order valence-corrected chi connectivity index (χ3v) is 3.48. The van der Waals surface area contributed by atoms with Crippen LogP contribution in [-0.4, -0.2) is 21.4 Å². The van der Waals surface area contributed by atoms with E-state index in [4.69, 9.17) is 4.74 Å². The monoisotopic (exact) mass is 309 g/mol. The summed E-state index contributed by atoms with van der Waals surface area (Å²) in [6, 6.07) is 14.8. The Morgan fingerprint density at radius 3 is 2.30 bits per heavy atom. The molecule has 4 heteroatoms. The van der Waals surface area contributed by atoms with Gasteiger partial charge in [-0.05, 0) is 62.2 Å². The average molecular weight is 309 g/mol. The third-order valence-electron chi connectivity index (χ3n) is 3.48. The average Bonchev–Trinajstić information content (AvgIpc) is 2.89. The summed E-state index contributed by atoms with van der Waals surface area (Å²) in [5, 5.41) is 10.3. The van der Waals surface area contributed by atoms with Crippen molar-refractivity contribution < 1.29 is 14.6 Å². The molecule has 2 aromatic carbocycles. The van der Waals surface area contributed by atoms with Gasteiger partial charge in [-0.15, -0.1) is 0 Å². The number of phenolic OH excluding ortho intramolecular Hbond substituents is 1. The van der Waals surface area contributed by atoms with Crippen molar-refractivity contribution in [3.63, 3.8) is 0 Å². The fraction of sp³-hybridized carbons (Fsp3) is 0.211. The molecule has 1 aromatic heterocycles. The van der Waals surface area contributed by atoms with Crippen molar-refractivity contribution in [2.24, 2.45) is 0 Å². The van der Waals surface area contributed by atoms with Crippen LogP contribution in [0.15, 0.2) is 54.7 Å². The highest BCUT2D eigenvalue weighted by Gasteiger charge is 2.19. The van der Waals surface area contributed by atoms with Crippen LogP contribution in [0.4, 0.5) is 4.79 Å². The maximum Gasteiger partial charge on any atom is 0.418 e. The second-order valence-electron chi connectivity index (χ2n) is 6.49. The van der Waals surface area contributed by atoms with E-state index in [1.54, 1.807) is 18.3 Å². The van der Waals surface area contributed by atoms with E-state index >= 15 is 0 Å². The Balaban J connectivity index is 1.97. The van der Waals surface area contributed by atoms with Gasteiger partial charge >= 0.3 is 6.09 Å². The number of aromatic nitrogens is 1. The molecular formula is C19H19NO3. The lowest BCUT2D eigenvalue weighted by Gasteiger charge is -2.19. The Hall–Kier alpha value is -2.75. The molecule has 23 heavy (non-hydrogen) atoms. The highest BCUT2D eigenvalue weighted by molar-refractivity contribution is 5.92. The SMILES string of the molecule is CC(C)(C)OC(=O)n1ccc2cc(-c3ccc(O)cc3)ccc21. The van der Waals surface area contributed by atoms with Gasteiger partial charge in [0.15, 0.2) is 0 Å². The van der Waals surface area contributed by atoms with Crippen LogP contribution in [0.2, 0.25) is 0 Å². The standard InChI is InChI=1S/C19H19NO3/c1-19(2,3)23-18(22)20-11-10-15-12-14(6-9-17(15)20)13-4-7-16(21)8-5-13/h4-12,21H,1-3H3. The molecule has 0 unspecified atom stereocenters. The molecule has 0 saturated carbocycles. The maximum absolute atomic E-state index is 12.2. The summed E-state index contributed by atoms with van der Waals surface area (Å²) in [5.41, 5.74) is 2.32. The second-order valence-corrected chi connectivity index (χ2v) is 6.49. The van der Waals surface area contributed by atoms with Gasteiger partial charge in [0.2, 0.25) is 0 Å². The van der Waals surface area contributed by atoms with Gasteiger partial charge < -0.3 is 9.84 Å². The number of phenols is 1. The summed E-state index contributed by atoms with van der Waals surface area (Å²) < 4.78 is 6.93. The first-order chi connectivity index (χ1) is 10.8. The number of aromatic hydroxyl groups is 1. The van der Waals surface area contributed by atoms with Crippen LogP contribution in [0.3, 0.4) is 0 Å². The highest BCUT2D eigenvalue weighted by atomic mass is 16.6. The van der Waals surface area contributed by atoms with Crippen molar-refractivity contribution in [3.8, 4) is 16.9 Å². The Bertz CT molecular complexity index is 854. The first-order valence-electron chi connectivity index (χ1n) is 7.47. The van der Waals surface area contributed by atoms with E-state index in [9.17, 15) is 9.90 Å². The minimum absolute atomic E-state index is 0.242. The summed E-state index contributed by atoms with van der Waals surface area (Å²) in [7, 11) is 0. The zero-order valence-electron chi connectivity index (χ0n) is 13.4. The number of ether oxygens (including phenoxy) is 1. The van der Waals surface area contributed by atoms with Crippen molar-refractivity contribution in [1.82, 2.24) is 4.57 Å². The van der Waals surface area contributed by atoms with Gasteiger partial charge in [0, 0.05) is 11.6 Å². The van der Waals surface area contributed by atoms with E-state index in [1.165, 1.54) is 4.57 Å². The van der Waals surface area contributed by atoms with Gasteiger partial charge in [0.05, 0.1) is 5.52 Å². The van der Waals surface area contributed by atoms with Crippen molar-refractivity contribution in [3.05, 3.63) is 54.7 Å². The predicted octanol–water partition coefficient (Wildman–Crippen LogP) is 4.80. The van der Waals surface area contributed by atoms with Crippen LogP contribution >= 0.6 is 0 Å². The molecule has 3 rings (SSSR count). The number of carbonyl (C=O) groups is 1. The van der Waals surface area contributed by atoms with E-state index in [0.29, 0.717) is 0 Å². The summed E-state index contributed by atoms with van der Waals surface area (Å²) in [6.07, 6.45) is 1.34. The van der Waals surface area contributed by atoms with Crippen LogP contribution in [0.1, 0.15) is 20.8 Å². The molecule has 3 aromatic rings. The number of nitrogens with zero attached hydrogens (tertiary/aromatic N) is 1.